The van der Waals surface area contributed by atoms with Gasteiger partial charge in [-0.25, -0.2) is 4.98 Å². The molecule has 4 rings (SSSR count). The maximum absolute atomic E-state index is 12.6. The molecule has 1 aromatic carbocycles. The molecule has 7 heteroatoms. The number of anilines is 1. The second-order valence-corrected chi connectivity index (χ2v) is 7.06. The quantitative estimate of drug-likeness (QED) is 0.705. The molecule has 0 aliphatic carbocycles. The van der Waals surface area contributed by atoms with Crippen molar-refractivity contribution in [3.8, 4) is 0 Å². The Balaban J connectivity index is 1.51. The van der Waals surface area contributed by atoms with E-state index in [2.05, 4.69) is 20.0 Å². The van der Waals surface area contributed by atoms with E-state index < -0.39 is 0 Å². The van der Waals surface area contributed by atoms with E-state index in [1.165, 1.54) is 0 Å². The van der Waals surface area contributed by atoms with E-state index in [1.807, 2.05) is 50.4 Å². The van der Waals surface area contributed by atoms with Gasteiger partial charge in [0.2, 0.25) is 0 Å². The second-order valence-electron chi connectivity index (χ2n) is 7.06. The van der Waals surface area contributed by atoms with Gasteiger partial charge in [-0.05, 0) is 37.6 Å². The van der Waals surface area contributed by atoms with Gasteiger partial charge < -0.3 is 4.90 Å². The Morgan fingerprint density at radius 1 is 1.00 bits per heavy atom. The molecule has 140 valence electrons. The van der Waals surface area contributed by atoms with E-state index in [4.69, 9.17) is 4.98 Å². The summed E-state index contributed by atoms with van der Waals surface area (Å²) in [6, 6.07) is 11.6. The molecule has 7 nitrogen and oxygen atoms in total. The average molecular weight is 364 g/mol. The average Bonchev–Trinajstić information content (AvgIpc) is 2.92. The van der Waals surface area contributed by atoms with Crippen LogP contribution in [0.5, 0.6) is 0 Å². The lowest BCUT2D eigenvalue weighted by atomic mass is 10.2. The van der Waals surface area contributed by atoms with Crippen LogP contribution in [-0.4, -0.2) is 50.8 Å². The Kier molecular flexibility index (Phi) is 4.85. The van der Waals surface area contributed by atoms with Crippen molar-refractivity contribution < 1.29 is 0 Å². The minimum absolute atomic E-state index is 0.0157. The monoisotopic (exact) mass is 364 g/mol. The number of hydrogen-bond donors (Lipinski definition) is 0. The van der Waals surface area contributed by atoms with Crippen molar-refractivity contribution in [3.63, 3.8) is 0 Å². The van der Waals surface area contributed by atoms with Gasteiger partial charge in [-0.1, -0.05) is 12.1 Å². The molecule has 2 aromatic heterocycles. The fourth-order valence-electron chi connectivity index (χ4n) is 3.52. The Morgan fingerprint density at radius 2 is 1.85 bits per heavy atom. The molecule has 1 fully saturated rings. The SMILES string of the molecule is Cc1ccc(N2CCCN(Cc3nc4ccccc4c(=O)n3C)CC2)nn1. The van der Waals surface area contributed by atoms with Crippen LogP contribution in [0.1, 0.15) is 17.9 Å². The standard InChI is InChI=1S/C20H24N6O/c1-15-8-9-18(23-22-15)26-11-5-10-25(12-13-26)14-19-21-17-7-4-3-6-16(17)20(27)24(19)2/h3-4,6-9H,5,10-14H2,1-2H3. The van der Waals surface area contributed by atoms with Crippen LogP contribution < -0.4 is 10.5 Å². The molecule has 27 heavy (non-hydrogen) atoms. The van der Waals surface area contributed by atoms with Crippen LogP contribution in [0.3, 0.4) is 0 Å². The fraction of sp³-hybridized carbons (Fsp3) is 0.400. The maximum Gasteiger partial charge on any atom is 0.261 e. The Labute approximate surface area is 158 Å². The van der Waals surface area contributed by atoms with Gasteiger partial charge in [-0.3, -0.25) is 14.3 Å². The van der Waals surface area contributed by atoms with E-state index >= 15 is 0 Å². The van der Waals surface area contributed by atoms with Crippen LogP contribution in [0, 0.1) is 6.92 Å². The van der Waals surface area contributed by atoms with Gasteiger partial charge in [-0.2, -0.15) is 5.10 Å². The summed E-state index contributed by atoms with van der Waals surface area (Å²) in [7, 11) is 1.81. The molecule has 0 unspecified atom stereocenters. The van der Waals surface area contributed by atoms with E-state index in [0.717, 1.165) is 55.5 Å². The lowest BCUT2D eigenvalue weighted by Gasteiger charge is -2.22. The topological polar surface area (TPSA) is 67.2 Å². The first-order valence-corrected chi connectivity index (χ1v) is 9.34. The number of fused-ring (bicyclic) bond motifs is 1. The van der Waals surface area contributed by atoms with Crippen LogP contribution in [-0.2, 0) is 13.6 Å². The first-order valence-electron chi connectivity index (χ1n) is 9.34. The number of benzene rings is 1. The smallest absolute Gasteiger partial charge is 0.261 e. The summed E-state index contributed by atoms with van der Waals surface area (Å²) in [5.74, 6) is 1.74. The zero-order valence-electron chi connectivity index (χ0n) is 15.8. The molecule has 0 N–H and O–H groups in total. The number of hydrogen-bond acceptors (Lipinski definition) is 6. The highest BCUT2D eigenvalue weighted by molar-refractivity contribution is 5.77. The van der Waals surface area contributed by atoms with Crippen LogP contribution in [0.25, 0.3) is 10.9 Å². The zero-order chi connectivity index (χ0) is 18.8. The van der Waals surface area contributed by atoms with Crippen LogP contribution in [0.2, 0.25) is 0 Å². The van der Waals surface area contributed by atoms with Gasteiger partial charge in [0.1, 0.15) is 5.82 Å². The normalized spacial score (nSPS) is 15.9. The third kappa shape index (κ3) is 3.68. The first-order chi connectivity index (χ1) is 13.1. The molecule has 0 bridgehead atoms. The third-order valence-corrected chi connectivity index (χ3v) is 5.14. The minimum atomic E-state index is 0.0157. The minimum Gasteiger partial charge on any atom is -0.354 e. The van der Waals surface area contributed by atoms with Gasteiger partial charge in [0.15, 0.2) is 5.82 Å². The lowest BCUT2D eigenvalue weighted by molar-refractivity contribution is 0.274. The molecular formula is C20H24N6O. The molecule has 1 saturated heterocycles. The predicted octanol–water partition coefficient (Wildman–Crippen LogP) is 1.74. The first kappa shape index (κ1) is 17.6. The molecule has 3 heterocycles. The van der Waals surface area contributed by atoms with Crippen LogP contribution in [0.4, 0.5) is 5.82 Å². The summed E-state index contributed by atoms with van der Waals surface area (Å²) in [5, 5.41) is 9.15. The van der Waals surface area contributed by atoms with Gasteiger partial charge in [0.05, 0.1) is 23.1 Å². The number of para-hydroxylation sites is 1. The molecule has 0 radical (unpaired) electrons. The largest absolute Gasteiger partial charge is 0.354 e. The maximum atomic E-state index is 12.6. The summed E-state index contributed by atoms with van der Waals surface area (Å²) in [4.78, 5) is 22.0. The van der Waals surface area contributed by atoms with Gasteiger partial charge in [-0.15, -0.1) is 5.10 Å². The van der Waals surface area contributed by atoms with E-state index in [9.17, 15) is 4.79 Å². The van der Waals surface area contributed by atoms with E-state index in [0.29, 0.717) is 11.9 Å². The molecule has 0 spiro atoms. The molecule has 1 aliphatic rings. The number of aryl methyl sites for hydroxylation is 1. The van der Waals surface area contributed by atoms with Crippen molar-refractivity contribution in [1.29, 1.82) is 0 Å². The van der Waals surface area contributed by atoms with Crippen molar-refractivity contribution in [2.24, 2.45) is 7.05 Å². The molecule has 1 aliphatic heterocycles. The summed E-state index contributed by atoms with van der Waals surface area (Å²) >= 11 is 0. The molecule has 0 amide bonds. The molecule has 3 aromatic rings. The van der Waals surface area contributed by atoms with E-state index in [1.54, 1.807) is 4.57 Å². The predicted molar refractivity (Wildman–Crippen MR) is 106 cm³/mol. The van der Waals surface area contributed by atoms with Crippen molar-refractivity contribution in [2.75, 3.05) is 31.1 Å². The number of nitrogens with zero attached hydrogens (tertiary/aromatic N) is 6. The zero-order valence-corrected chi connectivity index (χ0v) is 15.8. The van der Waals surface area contributed by atoms with Crippen molar-refractivity contribution in [2.45, 2.75) is 19.9 Å². The fourth-order valence-corrected chi connectivity index (χ4v) is 3.52. The van der Waals surface area contributed by atoms with Crippen molar-refractivity contribution in [3.05, 3.63) is 58.3 Å². The summed E-state index contributed by atoms with van der Waals surface area (Å²) in [6.07, 6.45) is 1.04. The summed E-state index contributed by atoms with van der Waals surface area (Å²) < 4.78 is 1.68. The number of rotatable bonds is 3. The van der Waals surface area contributed by atoms with E-state index in [-0.39, 0.29) is 5.56 Å². The molecular weight excluding hydrogens is 340 g/mol. The highest BCUT2D eigenvalue weighted by Crippen LogP contribution is 2.15. The molecule has 0 saturated carbocycles. The second kappa shape index (κ2) is 7.44. The number of aromatic nitrogens is 4. The van der Waals surface area contributed by atoms with Crippen LogP contribution >= 0.6 is 0 Å². The third-order valence-electron chi connectivity index (χ3n) is 5.14. The van der Waals surface area contributed by atoms with Crippen molar-refractivity contribution in [1.82, 2.24) is 24.6 Å². The lowest BCUT2D eigenvalue weighted by Crippen LogP contribution is -2.33. The highest BCUT2D eigenvalue weighted by atomic mass is 16.1. The van der Waals surface area contributed by atoms with Gasteiger partial charge in [0, 0.05) is 33.2 Å². The summed E-state index contributed by atoms with van der Waals surface area (Å²) in [6.45, 7) is 6.33. The Bertz CT molecular complexity index is 998. The summed E-state index contributed by atoms with van der Waals surface area (Å²) in [5.41, 5.74) is 1.71. The van der Waals surface area contributed by atoms with Crippen molar-refractivity contribution >= 4 is 16.7 Å². The molecule has 0 atom stereocenters. The van der Waals surface area contributed by atoms with Crippen LogP contribution in [0.15, 0.2) is 41.2 Å². The van der Waals surface area contributed by atoms with Gasteiger partial charge in [0.25, 0.3) is 5.56 Å². The Hall–Kier alpha value is -2.80. The van der Waals surface area contributed by atoms with Gasteiger partial charge >= 0.3 is 0 Å². The highest BCUT2D eigenvalue weighted by Gasteiger charge is 2.18. The Morgan fingerprint density at radius 3 is 2.67 bits per heavy atom.